The highest BCUT2D eigenvalue weighted by Crippen LogP contribution is 2.30. The highest BCUT2D eigenvalue weighted by molar-refractivity contribution is 7.13. The maximum absolute atomic E-state index is 12.7. The lowest BCUT2D eigenvalue weighted by atomic mass is 10.2. The predicted molar refractivity (Wildman–Crippen MR) is 105 cm³/mol. The minimum Gasteiger partial charge on any atom is -0.497 e. The van der Waals surface area contributed by atoms with Gasteiger partial charge in [-0.1, -0.05) is 18.2 Å². The third kappa shape index (κ3) is 4.57. The topological polar surface area (TPSA) is 69.7 Å². The second-order valence-corrected chi connectivity index (χ2v) is 6.73. The molecule has 1 amide bonds. The summed E-state index contributed by atoms with van der Waals surface area (Å²) in [4.78, 5) is 17.7. The number of rotatable bonds is 7. The number of thiazole rings is 1. The number of aryl methyl sites for hydroxylation is 1. The summed E-state index contributed by atoms with van der Waals surface area (Å²) in [6, 6.07) is 14.7. The first-order valence-corrected chi connectivity index (χ1v) is 9.10. The standard InChI is InChI=1S/C20H20N2O4S/c1-13-19(27-18(21-13)12-26-14-7-5-4-6-8-14)20(23)22-16-10-9-15(24-2)11-17(16)25-3/h4-11H,12H2,1-3H3,(H,22,23). The zero-order valence-corrected chi connectivity index (χ0v) is 16.1. The Morgan fingerprint density at radius 2 is 1.85 bits per heavy atom. The minimum atomic E-state index is -0.237. The molecule has 0 aliphatic carbocycles. The van der Waals surface area contributed by atoms with Crippen LogP contribution in [0.25, 0.3) is 0 Å². The Balaban J connectivity index is 1.71. The van der Waals surface area contributed by atoms with Crippen molar-refractivity contribution in [1.29, 1.82) is 0 Å². The largest absolute Gasteiger partial charge is 0.497 e. The Bertz CT molecular complexity index is 925. The van der Waals surface area contributed by atoms with Crippen LogP contribution in [0.1, 0.15) is 20.4 Å². The van der Waals surface area contributed by atoms with E-state index in [1.165, 1.54) is 11.3 Å². The summed E-state index contributed by atoms with van der Waals surface area (Å²) < 4.78 is 16.2. The molecule has 0 fully saturated rings. The fraction of sp³-hybridized carbons (Fsp3) is 0.200. The van der Waals surface area contributed by atoms with E-state index in [0.29, 0.717) is 34.4 Å². The summed E-state index contributed by atoms with van der Waals surface area (Å²) in [7, 11) is 3.12. The van der Waals surface area contributed by atoms with E-state index in [0.717, 1.165) is 10.8 Å². The summed E-state index contributed by atoms with van der Waals surface area (Å²) in [5.41, 5.74) is 1.23. The molecule has 1 N–H and O–H groups in total. The molecule has 0 aliphatic rings. The maximum Gasteiger partial charge on any atom is 0.267 e. The average molecular weight is 384 g/mol. The van der Waals surface area contributed by atoms with Crippen molar-refractivity contribution in [1.82, 2.24) is 4.98 Å². The Morgan fingerprint density at radius 1 is 1.07 bits per heavy atom. The van der Waals surface area contributed by atoms with Crippen LogP contribution in [0.15, 0.2) is 48.5 Å². The van der Waals surface area contributed by atoms with Crippen LogP contribution in [0.4, 0.5) is 5.69 Å². The summed E-state index contributed by atoms with van der Waals surface area (Å²) >= 11 is 1.31. The van der Waals surface area contributed by atoms with Gasteiger partial charge in [0.1, 0.15) is 33.7 Å². The number of amides is 1. The number of nitrogens with one attached hydrogen (secondary N) is 1. The number of methoxy groups -OCH3 is 2. The third-order valence-corrected chi connectivity index (χ3v) is 4.94. The Hall–Kier alpha value is -3.06. The van der Waals surface area contributed by atoms with Crippen molar-refractivity contribution >= 4 is 22.9 Å². The van der Waals surface area contributed by atoms with Crippen LogP contribution in [0.3, 0.4) is 0 Å². The number of anilines is 1. The van der Waals surface area contributed by atoms with Crippen molar-refractivity contribution in [3.8, 4) is 17.2 Å². The van der Waals surface area contributed by atoms with Crippen LogP contribution in [-0.2, 0) is 6.61 Å². The normalized spacial score (nSPS) is 10.3. The van der Waals surface area contributed by atoms with Gasteiger partial charge in [-0.3, -0.25) is 4.79 Å². The van der Waals surface area contributed by atoms with Gasteiger partial charge in [-0.15, -0.1) is 11.3 Å². The summed E-state index contributed by atoms with van der Waals surface area (Å²) in [5.74, 6) is 1.70. The highest BCUT2D eigenvalue weighted by atomic mass is 32.1. The van der Waals surface area contributed by atoms with Crippen molar-refractivity contribution in [3.05, 3.63) is 64.1 Å². The van der Waals surface area contributed by atoms with E-state index in [9.17, 15) is 4.79 Å². The fourth-order valence-electron chi connectivity index (χ4n) is 2.47. The van der Waals surface area contributed by atoms with Gasteiger partial charge in [-0.05, 0) is 31.2 Å². The zero-order valence-electron chi connectivity index (χ0n) is 15.3. The molecule has 2 aromatic carbocycles. The molecule has 0 spiro atoms. The molecule has 1 aromatic heterocycles. The molecule has 27 heavy (non-hydrogen) atoms. The zero-order chi connectivity index (χ0) is 19.2. The Labute approximate surface area is 161 Å². The second kappa shape index (κ2) is 8.55. The van der Waals surface area contributed by atoms with Gasteiger partial charge < -0.3 is 19.5 Å². The van der Waals surface area contributed by atoms with Gasteiger partial charge in [-0.2, -0.15) is 0 Å². The molecule has 0 unspecified atom stereocenters. The number of aromatic nitrogens is 1. The van der Waals surface area contributed by atoms with Gasteiger partial charge in [0.25, 0.3) is 5.91 Å². The SMILES string of the molecule is COc1ccc(NC(=O)c2sc(COc3ccccc3)nc2C)c(OC)c1. The van der Waals surface area contributed by atoms with E-state index < -0.39 is 0 Å². The number of carbonyl (C=O) groups excluding carboxylic acids is 1. The molecule has 0 radical (unpaired) electrons. The number of benzene rings is 2. The monoisotopic (exact) mass is 384 g/mol. The molecular weight excluding hydrogens is 364 g/mol. The number of para-hydroxylation sites is 1. The van der Waals surface area contributed by atoms with E-state index in [-0.39, 0.29) is 5.91 Å². The smallest absolute Gasteiger partial charge is 0.267 e. The molecular formula is C20H20N2O4S. The number of hydrogen-bond acceptors (Lipinski definition) is 6. The van der Waals surface area contributed by atoms with Crippen LogP contribution >= 0.6 is 11.3 Å². The first-order chi connectivity index (χ1) is 13.1. The lowest BCUT2D eigenvalue weighted by Gasteiger charge is -2.11. The van der Waals surface area contributed by atoms with Gasteiger partial charge in [0.05, 0.1) is 25.6 Å². The summed E-state index contributed by atoms with van der Waals surface area (Å²) in [6.45, 7) is 2.12. The molecule has 0 aliphatic heterocycles. The van der Waals surface area contributed by atoms with Gasteiger partial charge in [-0.25, -0.2) is 4.98 Å². The number of carbonyl (C=O) groups is 1. The van der Waals surface area contributed by atoms with E-state index in [2.05, 4.69) is 10.3 Å². The molecule has 1 heterocycles. The van der Waals surface area contributed by atoms with E-state index in [1.807, 2.05) is 37.3 Å². The molecule has 0 bridgehead atoms. The van der Waals surface area contributed by atoms with E-state index in [1.54, 1.807) is 32.4 Å². The molecule has 6 nitrogen and oxygen atoms in total. The average Bonchev–Trinajstić information content (AvgIpc) is 3.08. The second-order valence-electron chi connectivity index (χ2n) is 5.64. The molecule has 7 heteroatoms. The van der Waals surface area contributed by atoms with Gasteiger partial charge in [0, 0.05) is 6.07 Å². The van der Waals surface area contributed by atoms with Gasteiger partial charge >= 0.3 is 0 Å². The van der Waals surface area contributed by atoms with Crippen molar-refractivity contribution in [2.45, 2.75) is 13.5 Å². The van der Waals surface area contributed by atoms with Crippen molar-refractivity contribution in [2.24, 2.45) is 0 Å². The van der Waals surface area contributed by atoms with Gasteiger partial charge in [0.15, 0.2) is 0 Å². The quantitative estimate of drug-likeness (QED) is 0.658. The van der Waals surface area contributed by atoms with Gasteiger partial charge in [0.2, 0.25) is 0 Å². The van der Waals surface area contributed by atoms with Crippen LogP contribution in [0.5, 0.6) is 17.2 Å². The molecule has 0 saturated carbocycles. The van der Waals surface area contributed by atoms with Crippen molar-refractivity contribution in [3.63, 3.8) is 0 Å². The first-order valence-electron chi connectivity index (χ1n) is 8.28. The summed E-state index contributed by atoms with van der Waals surface area (Å²) in [5, 5.41) is 3.61. The molecule has 140 valence electrons. The van der Waals surface area contributed by atoms with Crippen molar-refractivity contribution in [2.75, 3.05) is 19.5 Å². The fourth-order valence-corrected chi connectivity index (χ4v) is 3.34. The molecule has 0 saturated heterocycles. The molecule has 0 atom stereocenters. The Morgan fingerprint density at radius 3 is 2.56 bits per heavy atom. The first kappa shape index (κ1) is 18.7. The predicted octanol–water partition coefficient (Wildman–Crippen LogP) is 4.30. The maximum atomic E-state index is 12.7. The summed E-state index contributed by atoms with van der Waals surface area (Å²) in [6.07, 6.45) is 0. The van der Waals surface area contributed by atoms with Crippen LogP contribution in [0.2, 0.25) is 0 Å². The third-order valence-electron chi connectivity index (χ3n) is 3.81. The molecule has 3 rings (SSSR count). The van der Waals surface area contributed by atoms with E-state index >= 15 is 0 Å². The number of nitrogens with zero attached hydrogens (tertiary/aromatic N) is 1. The lowest BCUT2D eigenvalue weighted by molar-refractivity contribution is 0.102. The minimum absolute atomic E-state index is 0.237. The van der Waals surface area contributed by atoms with E-state index in [4.69, 9.17) is 14.2 Å². The van der Waals surface area contributed by atoms with Crippen molar-refractivity contribution < 1.29 is 19.0 Å². The Kier molecular flexibility index (Phi) is 5.93. The lowest BCUT2D eigenvalue weighted by Crippen LogP contribution is -2.12. The van der Waals surface area contributed by atoms with Crippen LogP contribution < -0.4 is 19.5 Å². The number of hydrogen-bond donors (Lipinski definition) is 1. The molecule has 3 aromatic rings. The van der Waals surface area contributed by atoms with Crippen LogP contribution in [0, 0.1) is 6.92 Å². The highest BCUT2D eigenvalue weighted by Gasteiger charge is 2.17. The van der Waals surface area contributed by atoms with Crippen LogP contribution in [-0.4, -0.2) is 25.1 Å². The number of ether oxygens (including phenoxy) is 3.